The number of primary amides is 1. The lowest BCUT2D eigenvalue weighted by atomic mass is 10.1. The van der Waals surface area contributed by atoms with Gasteiger partial charge in [0.05, 0.1) is 11.9 Å². The highest BCUT2D eigenvalue weighted by Gasteiger charge is 2.27. The molecule has 150 valence electrons. The highest BCUT2D eigenvalue weighted by atomic mass is 32.1. The van der Waals surface area contributed by atoms with Crippen molar-refractivity contribution >= 4 is 39.7 Å². The molecule has 0 bridgehead atoms. The summed E-state index contributed by atoms with van der Waals surface area (Å²) >= 11 is 0.978. The second-order valence-electron chi connectivity index (χ2n) is 6.10. The van der Waals surface area contributed by atoms with Crippen LogP contribution in [0.1, 0.15) is 34.3 Å². The van der Waals surface area contributed by atoms with Crippen molar-refractivity contribution < 1.29 is 18.4 Å². The van der Waals surface area contributed by atoms with Crippen molar-refractivity contribution in [2.24, 2.45) is 5.73 Å². The smallest absolute Gasteiger partial charge is 0.280 e. The van der Waals surface area contributed by atoms with Crippen LogP contribution in [0.5, 0.6) is 0 Å². The Balaban J connectivity index is 2.03. The third-order valence-electron chi connectivity index (χ3n) is 4.16. The van der Waals surface area contributed by atoms with Gasteiger partial charge in [-0.05, 0) is 19.1 Å². The van der Waals surface area contributed by atoms with E-state index in [4.69, 9.17) is 11.5 Å². The maximum absolute atomic E-state index is 12.8. The standard InChI is InChI=1S/C19H17F2N5O2S/c1-10(18(23)28)26(12-7-8-13(16(20)21)24-9-12)19-25-17(22)15(29-19)14(27)11-5-3-2-4-6-11/h2-10,16H,22H2,1H3,(H2,23,28)/t10-/m1/s1. The van der Waals surface area contributed by atoms with E-state index in [1.807, 2.05) is 0 Å². The zero-order valence-electron chi connectivity index (χ0n) is 15.3. The molecule has 7 nitrogen and oxygen atoms in total. The molecule has 10 heteroatoms. The molecule has 0 unspecified atom stereocenters. The predicted octanol–water partition coefficient (Wildman–Crippen LogP) is 3.30. The molecule has 0 aliphatic rings. The van der Waals surface area contributed by atoms with Gasteiger partial charge >= 0.3 is 0 Å². The number of halogens is 2. The Bertz CT molecular complexity index is 1020. The molecule has 3 rings (SSSR count). The number of ketones is 1. The number of alkyl halides is 2. The highest BCUT2D eigenvalue weighted by Crippen LogP contribution is 2.36. The van der Waals surface area contributed by atoms with E-state index in [2.05, 4.69) is 9.97 Å². The maximum Gasteiger partial charge on any atom is 0.280 e. The molecule has 0 saturated heterocycles. The molecule has 0 aliphatic heterocycles. The fraction of sp³-hybridized carbons (Fsp3) is 0.158. The van der Waals surface area contributed by atoms with E-state index in [1.54, 1.807) is 30.3 Å². The number of hydrogen-bond donors (Lipinski definition) is 2. The van der Waals surface area contributed by atoms with Gasteiger partial charge in [0, 0.05) is 5.56 Å². The van der Waals surface area contributed by atoms with Crippen LogP contribution in [0.2, 0.25) is 0 Å². The second kappa shape index (κ2) is 8.31. The Kier molecular flexibility index (Phi) is 5.83. The van der Waals surface area contributed by atoms with Crippen LogP contribution in [-0.2, 0) is 4.79 Å². The van der Waals surface area contributed by atoms with Gasteiger partial charge in [0.25, 0.3) is 6.43 Å². The first-order valence-corrected chi connectivity index (χ1v) is 9.30. The summed E-state index contributed by atoms with van der Waals surface area (Å²) in [6.45, 7) is 1.53. The molecule has 3 aromatic rings. The van der Waals surface area contributed by atoms with E-state index < -0.39 is 24.1 Å². The summed E-state index contributed by atoms with van der Waals surface area (Å²) in [4.78, 5) is 34.1. The fourth-order valence-electron chi connectivity index (χ4n) is 2.60. The SMILES string of the molecule is C[C@H](C(N)=O)N(c1ccc(C(F)F)nc1)c1nc(N)c(C(=O)c2ccccc2)s1. The predicted molar refractivity (Wildman–Crippen MR) is 106 cm³/mol. The van der Waals surface area contributed by atoms with E-state index in [1.165, 1.54) is 24.1 Å². The van der Waals surface area contributed by atoms with Crippen LogP contribution < -0.4 is 16.4 Å². The van der Waals surface area contributed by atoms with Gasteiger partial charge in [0.1, 0.15) is 22.4 Å². The topological polar surface area (TPSA) is 115 Å². The Morgan fingerprint density at radius 3 is 2.38 bits per heavy atom. The molecule has 1 atom stereocenters. The number of nitrogen functional groups attached to an aromatic ring is 1. The molecule has 0 aliphatic carbocycles. The van der Waals surface area contributed by atoms with Crippen LogP contribution in [0, 0.1) is 0 Å². The van der Waals surface area contributed by atoms with Crippen molar-refractivity contribution in [3.05, 3.63) is 64.8 Å². The number of thiazole rings is 1. The summed E-state index contributed by atoms with van der Waals surface area (Å²) < 4.78 is 25.6. The molecule has 0 radical (unpaired) electrons. The summed E-state index contributed by atoms with van der Waals surface area (Å²) in [5.74, 6) is -0.991. The summed E-state index contributed by atoms with van der Waals surface area (Å²) in [5, 5.41) is 0.222. The van der Waals surface area contributed by atoms with Gasteiger partial charge in [0.15, 0.2) is 5.13 Å². The van der Waals surface area contributed by atoms with E-state index >= 15 is 0 Å². The molecular formula is C19H17F2N5O2S. The lowest BCUT2D eigenvalue weighted by molar-refractivity contribution is -0.118. The minimum atomic E-state index is -2.73. The minimum Gasteiger partial charge on any atom is -0.382 e. The molecule has 2 heterocycles. The first kappa shape index (κ1) is 20.3. The summed E-state index contributed by atoms with van der Waals surface area (Å²) in [7, 11) is 0. The van der Waals surface area contributed by atoms with Crippen molar-refractivity contribution in [1.82, 2.24) is 9.97 Å². The largest absolute Gasteiger partial charge is 0.382 e. The number of nitrogens with two attached hydrogens (primary N) is 2. The minimum absolute atomic E-state index is 0.00215. The van der Waals surface area contributed by atoms with Crippen molar-refractivity contribution in [1.29, 1.82) is 0 Å². The quantitative estimate of drug-likeness (QED) is 0.570. The Labute approximate surface area is 169 Å². The van der Waals surface area contributed by atoms with E-state index in [0.717, 1.165) is 17.4 Å². The number of rotatable bonds is 7. The number of amides is 1. The van der Waals surface area contributed by atoms with Crippen LogP contribution >= 0.6 is 11.3 Å². The highest BCUT2D eigenvalue weighted by molar-refractivity contribution is 7.18. The molecule has 0 spiro atoms. The average molecular weight is 417 g/mol. The van der Waals surface area contributed by atoms with E-state index in [0.29, 0.717) is 11.3 Å². The number of anilines is 3. The molecular weight excluding hydrogens is 400 g/mol. The first-order chi connectivity index (χ1) is 13.8. The number of pyridine rings is 1. The van der Waals surface area contributed by atoms with Crippen molar-refractivity contribution in [3.8, 4) is 0 Å². The van der Waals surface area contributed by atoms with Crippen LogP contribution in [-0.4, -0.2) is 27.7 Å². The monoisotopic (exact) mass is 417 g/mol. The Hall–Kier alpha value is -3.40. The summed E-state index contributed by atoms with van der Waals surface area (Å²) in [5.41, 5.74) is 11.7. The molecule has 4 N–H and O–H groups in total. The van der Waals surface area contributed by atoms with Crippen LogP contribution in [0.3, 0.4) is 0 Å². The first-order valence-electron chi connectivity index (χ1n) is 8.48. The van der Waals surface area contributed by atoms with Gasteiger partial charge in [-0.3, -0.25) is 14.6 Å². The summed E-state index contributed by atoms with van der Waals surface area (Å²) in [6, 6.07) is 10.2. The number of nitrogens with zero attached hydrogens (tertiary/aromatic N) is 3. The molecule has 0 saturated carbocycles. The van der Waals surface area contributed by atoms with Crippen molar-refractivity contribution in [2.45, 2.75) is 19.4 Å². The Morgan fingerprint density at radius 1 is 1.14 bits per heavy atom. The number of carbonyl (C=O) groups is 2. The zero-order valence-corrected chi connectivity index (χ0v) is 16.1. The molecule has 1 amide bonds. The Morgan fingerprint density at radius 2 is 1.83 bits per heavy atom. The van der Waals surface area contributed by atoms with Crippen LogP contribution in [0.25, 0.3) is 0 Å². The van der Waals surface area contributed by atoms with E-state index in [9.17, 15) is 18.4 Å². The van der Waals surface area contributed by atoms with E-state index in [-0.39, 0.29) is 21.6 Å². The molecule has 0 fully saturated rings. The number of benzene rings is 1. The van der Waals surface area contributed by atoms with Gasteiger partial charge in [-0.1, -0.05) is 41.7 Å². The lowest BCUT2D eigenvalue weighted by Crippen LogP contribution is -2.40. The summed E-state index contributed by atoms with van der Waals surface area (Å²) in [6.07, 6.45) is -1.53. The number of hydrogen-bond acceptors (Lipinski definition) is 7. The zero-order chi connectivity index (χ0) is 21.1. The average Bonchev–Trinajstić information content (AvgIpc) is 3.09. The van der Waals surface area contributed by atoms with Gasteiger partial charge in [-0.25, -0.2) is 13.8 Å². The maximum atomic E-state index is 12.8. The van der Waals surface area contributed by atoms with Crippen molar-refractivity contribution in [3.63, 3.8) is 0 Å². The van der Waals surface area contributed by atoms with Gasteiger partial charge in [-0.15, -0.1) is 0 Å². The number of carbonyl (C=O) groups excluding carboxylic acids is 2. The van der Waals surface area contributed by atoms with Gasteiger partial charge < -0.3 is 16.4 Å². The van der Waals surface area contributed by atoms with Gasteiger partial charge in [0.2, 0.25) is 11.7 Å². The fourth-order valence-corrected chi connectivity index (χ4v) is 3.65. The van der Waals surface area contributed by atoms with Gasteiger partial charge in [-0.2, -0.15) is 0 Å². The third-order valence-corrected chi connectivity index (χ3v) is 5.23. The van der Waals surface area contributed by atoms with Crippen LogP contribution in [0.4, 0.5) is 25.4 Å². The molecule has 29 heavy (non-hydrogen) atoms. The molecule has 1 aromatic carbocycles. The van der Waals surface area contributed by atoms with Crippen molar-refractivity contribution in [2.75, 3.05) is 10.6 Å². The normalized spacial score (nSPS) is 12.0. The number of aromatic nitrogens is 2. The second-order valence-corrected chi connectivity index (χ2v) is 7.07. The third kappa shape index (κ3) is 4.21. The van der Waals surface area contributed by atoms with Crippen LogP contribution in [0.15, 0.2) is 48.7 Å². The lowest BCUT2D eigenvalue weighted by Gasteiger charge is -2.26. The molecule has 2 aromatic heterocycles.